The molecule has 0 radical (unpaired) electrons. The monoisotopic (exact) mass is 314 g/mol. The number of rotatable bonds is 2. The van der Waals surface area contributed by atoms with Crippen molar-refractivity contribution in [2.45, 2.75) is 30.7 Å². The van der Waals surface area contributed by atoms with Gasteiger partial charge in [0.2, 0.25) is 5.91 Å². The first-order chi connectivity index (χ1) is 9.76. The fraction of sp³-hybridized carbons (Fsp3) is 0.429. The first kappa shape index (κ1) is 15.7. The minimum absolute atomic E-state index is 0.115. The standard InChI is InChI=1S/C14H13F3N2OS/c1-13(5-2-6-21-13)12(20)19-11-4-3-10(14(15,16)17)7-9(11)8-18/h3-4,7H,2,5-6H2,1H3,(H,19,20). The number of hydrogen-bond donors (Lipinski definition) is 1. The summed E-state index contributed by atoms with van der Waals surface area (Å²) in [7, 11) is 0. The van der Waals surface area contributed by atoms with Crippen LogP contribution in [0.25, 0.3) is 0 Å². The van der Waals surface area contributed by atoms with Crippen LogP contribution in [0.4, 0.5) is 18.9 Å². The summed E-state index contributed by atoms with van der Waals surface area (Å²) in [6, 6.07) is 4.43. The van der Waals surface area contributed by atoms with Crippen LogP contribution in [0.15, 0.2) is 18.2 Å². The van der Waals surface area contributed by atoms with Gasteiger partial charge >= 0.3 is 6.18 Å². The molecule has 1 N–H and O–H groups in total. The highest BCUT2D eigenvalue weighted by atomic mass is 32.2. The van der Waals surface area contributed by atoms with E-state index in [0.717, 1.165) is 30.4 Å². The fourth-order valence-electron chi connectivity index (χ4n) is 2.13. The molecule has 2 rings (SSSR count). The minimum Gasteiger partial charge on any atom is -0.324 e. The number of anilines is 1. The number of alkyl halides is 3. The van der Waals surface area contributed by atoms with Gasteiger partial charge in [0.15, 0.2) is 0 Å². The Labute approximate surface area is 124 Å². The number of carbonyl (C=O) groups is 1. The third-order valence-electron chi connectivity index (χ3n) is 3.41. The van der Waals surface area contributed by atoms with E-state index < -0.39 is 16.5 Å². The predicted molar refractivity (Wildman–Crippen MR) is 74.9 cm³/mol. The molecule has 1 aromatic rings. The fourth-order valence-corrected chi connectivity index (χ4v) is 3.34. The van der Waals surface area contributed by atoms with Gasteiger partial charge in [-0.15, -0.1) is 11.8 Å². The summed E-state index contributed by atoms with van der Waals surface area (Å²) in [6.45, 7) is 1.80. The zero-order valence-electron chi connectivity index (χ0n) is 11.3. The number of halogens is 3. The van der Waals surface area contributed by atoms with Crippen LogP contribution in [0.2, 0.25) is 0 Å². The number of benzene rings is 1. The second-order valence-electron chi connectivity index (χ2n) is 5.01. The maximum absolute atomic E-state index is 12.6. The SMILES string of the molecule is CC1(C(=O)Nc2ccc(C(F)(F)F)cc2C#N)CCCS1. The number of thioether (sulfide) groups is 1. The average molecular weight is 314 g/mol. The highest BCUT2D eigenvalue weighted by molar-refractivity contribution is 8.01. The molecule has 21 heavy (non-hydrogen) atoms. The molecule has 1 unspecified atom stereocenters. The Balaban J connectivity index is 2.25. The lowest BCUT2D eigenvalue weighted by Gasteiger charge is -2.22. The maximum atomic E-state index is 12.6. The number of nitrogens with zero attached hydrogens (tertiary/aromatic N) is 1. The third-order valence-corrected chi connectivity index (χ3v) is 4.93. The lowest BCUT2D eigenvalue weighted by molar-refractivity contribution is -0.137. The van der Waals surface area contributed by atoms with Crippen molar-refractivity contribution in [1.29, 1.82) is 5.26 Å². The smallest absolute Gasteiger partial charge is 0.324 e. The van der Waals surface area contributed by atoms with Crippen molar-refractivity contribution < 1.29 is 18.0 Å². The van der Waals surface area contributed by atoms with Gasteiger partial charge in [-0.05, 0) is 43.7 Å². The summed E-state index contributed by atoms with van der Waals surface area (Å²) in [5.74, 6) is 0.600. The van der Waals surface area contributed by atoms with Gasteiger partial charge in [0.25, 0.3) is 0 Å². The van der Waals surface area contributed by atoms with E-state index in [2.05, 4.69) is 5.32 Å². The van der Waals surface area contributed by atoms with E-state index in [1.807, 2.05) is 0 Å². The molecule has 0 aliphatic carbocycles. The molecule has 1 heterocycles. The summed E-state index contributed by atoms with van der Waals surface area (Å²) >= 11 is 1.52. The number of amides is 1. The maximum Gasteiger partial charge on any atom is 0.416 e. The summed E-state index contributed by atoms with van der Waals surface area (Å²) in [5, 5.41) is 11.6. The van der Waals surface area contributed by atoms with Crippen molar-refractivity contribution in [3.63, 3.8) is 0 Å². The van der Waals surface area contributed by atoms with Crippen LogP contribution >= 0.6 is 11.8 Å². The molecule has 1 aliphatic rings. The van der Waals surface area contributed by atoms with Crippen molar-refractivity contribution in [1.82, 2.24) is 0 Å². The van der Waals surface area contributed by atoms with E-state index >= 15 is 0 Å². The Morgan fingerprint density at radius 2 is 2.19 bits per heavy atom. The molecule has 7 heteroatoms. The lowest BCUT2D eigenvalue weighted by atomic mass is 10.0. The molecule has 1 saturated heterocycles. The van der Waals surface area contributed by atoms with Crippen molar-refractivity contribution in [2.24, 2.45) is 0 Å². The number of nitriles is 1. The van der Waals surface area contributed by atoms with Crippen LogP contribution in [0.5, 0.6) is 0 Å². The van der Waals surface area contributed by atoms with Gasteiger partial charge in [-0.25, -0.2) is 0 Å². The van der Waals surface area contributed by atoms with Crippen molar-refractivity contribution >= 4 is 23.4 Å². The Kier molecular flexibility index (Phi) is 4.19. The molecule has 0 bridgehead atoms. The van der Waals surface area contributed by atoms with Crippen LogP contribution in [0.1, 0.15) is 30.9 Å². The Morgan fingerprint density at radius 1 is 1.48 bits per heavy atom. The first-order valence-electron chi connectivity index (χ1n) is 6.33. The second-order valence-corrected chi connectivity index (χ2v) is 6.60. The van der Waals surface area contributed by atoms with Gasteiger partial charge in [-0.2, -0.15) is 18.4 Å². The van der Waals surface area contributed by atoms with Gasteiger partial charge in [-0.1, -0.05) is 0 Å². The topological polar surface area (TPSA) is 52.9 Å². The third kappa shape index (κ3) is 3.32. The summed E-state index contributed by atoms with van der Waals surface area (Å²) in [6.07, 6.45) is -2.87. The molecule has 0 spiro atoms. The zero-order valence-corrected chi connectivity index (χ0v) is 12.1. The zero-order chi connectivity index (χ0) is 15.7. The van der Waals surface area contributed by atoms with Gasteiger partial charge in [0.05, 0.1) is 21.6 Å². The molecule has 1 atom stereocenters. The summed E-state index contributed by atoms with van der Waals surface area (Å²) in [4.78, 5) is 12.2. The normalized spacial score (nSPS) is 21.9. The molecule has 0 aromatic heterocycles. The summed E-state index contributed by atoms with van der Waals surface area (Å²) in [5.41, 5.74) is -0.979. The van der Waals surface area contributed by atoms with Crippen molar-refractivity contribution in [3.8, 4) is 6.07 Å². The number of hydrogen-bond acceptors (Lipinski definition) is 3. The molecule has 1 fully saturated rings. The van der Waals surface area contributed by atoms with E-state index in [1.54, 1.807) is 13.0 Å². The molecule has 3 nitrogen and oxygen atoms in total. The van der Waals surface area contributed by atoms with Gasteiger partial charge < -0.3 is 5.32 Å². The van der Waals surface area contributed by atoms with Crippen LogP contribution in [0, 0.1) is 11.3 Å². The highest BCUT2D eigenvalue weighted by Crippen LogP contribution is 2.39. The van der Waals surface area contributed by atoms with Crippen LogP contribution < -0.4 is 5.32 Å². The molecule has 112 valence electrons. The van der Waals surface area contributed by atoms with Gasteiger partial charge in [-0.3, -0.25) is 4.79 Å². The largest absolute Gasteiger partial charge is 0.416 e. The van der Waals surface area contributed by atoms with E-state index in [1.165, 1.54) is 11.8 Å². The van der Waals surface area contributed by atoms with E-state index in [4.69, 9.17) is 5.26 Å². The minimum atomic E-state index is -4.51. The second kappa shape index (κ2) is 5.60. The molecule has 0 saturated carbocycles. The molecule has 1 aliphatic heterocycles. The predicted octanol–water partition coefficient (Wildman–Crippen LogP) is 3.80. The average Bonchev–Trinajstić information content (AvgIpc) is 2.86. The number of nitrogens with one attached hydrogen (secondary N) is 1. The van der Waals surface area contributed by atoms with E-state index in [0.29, 0.717) is 6.42 Å². The summed E-state index contributed by atoms with van der Waals surface area (Å²) < 4.78 is 37.2. The lowest BCUT2D eigenvalue weighted by Crippen LogP contribution is -2.34. The number of carbonyl (C=O) groups excluding carboxylic acids is 1. The van der Waals surface area contributed by atoms with E-state index in [9.17, 15) is 18.0 Å². The van der Waals surface area contributed by atoms with Crippen LogP contribution in [-0.2, 0) is 11.0 Å². The molecular formula is C14H13F3N2OS. The Bertz CT molecular complexity index is 601. The molecular weight excluding hydrogens is 301 g/mol. The van der Waals surface area contributed by atoms with Gasteiger partial charge in [0.1, 0.15) is 6.07 Å². The highest BCUT2D eigenvalue weighted by Gasteiger charge is 2.37. The molecule has 1 aromatic carbocycles. The van der Waals surface area contributed by atoms with Crippen molar-refractivity contribution in [3.05, 3.63) is 29.3 Å². The van der Waals surface area contributed by atoms with Gasteiger partial charge in [0, 0.05) is 0 Å². The van der Waals surface area contributed by atoms with E-state index in [-0.39, 0.29) is 17.2 Å². The van der Waals surface area contributed by atoms with Crippen molar-refractivity contribution in [2.75, 3.05) is 11.1 Å². The van der Waals surface area contributed by atoms with Crippen LogP contribution in [0.3, 0.4) is 0 Å². The first-order valence-corrected chi connectivity index (χ1v) is 7.31. The Hall–Kier alpha value is -1.68. The Morgan fingerprint density at radius 3 is 2.71 bits per heavy atom. The quantitative estimate of drug-likeness (QED) is 0.903. The van der Waals surface area contributed by atoms with Crippen LogP contribution in [-0.4, -0.2) is 16.4 Å². The molecule has 1 amide bonds.